The molecule has 0 saturated carbocycles. The summed E-state index contributed by atoms with van der Waals surface area (Å²) >= 11 is 0. The summed E-state index contributed by atoms with van der Waals surface area (Å²) in [6.45, 7) is 2.16. The zero-order chi connectivity index (χ0) is 17.8. The van der Waals surface area contributed by atoms with Crippen LogP contribution < -0.4 is 0 Å². The smallest absolute Gasteiger partial charge is 0.121 e. The molecule has 1 aromatic heterocycles. The van der Waals surface area contributed by atoms with Crippen LogP contribution in [0.1, 0.15) is 29.4 Å². The molecular weight excluding hydrogens is 316 g/mol. The number of hydrogen-bond acceptors (Lipinski definition) is 1. The lowest BCUT2D eigenvalue weighted by Gasteiger charge is -2.38. The second-order valence-electron chi connectivity index (χ2n) is 6.38. The fourth-order valence-electron chi connectivity index (χ4n) is 3.86. The van der Waals surface area contributed by atoms with Gasteiger partial charge in [-0.25, -0.2) is 4.98 Å². The summed E-state index contributed by atoms with van der Waals surface area (Å²) in [7, 11) is 0. The normalized spacial score (nSPS) is 11.4. The summed E-state index contributed by atoms with van der Waals surface area (Å²) in [5.74, 6) is 1.07. The van der Waals surface area contributed by atoms with Crippen LogP contribution in [0.5, 0.6) is 0 Å². The van der Waals surface area contributed by atoms with Crippen LogP contribution in [-0.4, -0.2) is 9.55 Å². The zero-order valence-corrected chi connectivity index (χ0v) is 14.9. The van der Waals surface area contributed by atoms with Crippen molar-refractivity contribution in [1.29, 1.82) is 0 Å². The number of rotatable bonds is 5. The first kappa shape index (κ1) is 16.3. The van der Waals surface area contributed by atoms with Crippen molar-refractivity contribution >= 4 is 0 Å². The number of imidazole rings is 1. The molecule has 1 heterocycles. The third kappa shape index (κ3) is 2.55. The van der Waals surface area contributed by atoms with Crippen LogP contribution in [0.25, 0.3) is 0 Å². The number of benzene rings is 3. The first-order valence-corrected chi connectivity index (χ1v) is 9.06. The second kappa shape index (κ2) is 7.01. The quantitative estimate of drug-likeness (QED) is 0.452. The van der Waals surface area contributed by atoms with Crippen LogP contribution in [0.2, 0.25) is 0 Å². The van der Waals surface area contributed by atoms with Crippen molar-refractivity contribution in [3.8, 4) is 0 Å². The summed E-state index contributed by atoms with van der Waals surface area (Å²) in [4.78, 5) is 4.64. The summed E-state index contributed by atoms with van der Waals surface area (Å²) in [6, 6.07) is 32.1. The van der Waals surface area contributed by atoms with Crippen molar-refractivity contribution in [1.82, 2.24) is 9.55 Å². The van der Waals surface area contributed by atoms with E-state index in [0.29, 0.717) is 0 Å². The highest BCUT2D eigenvalue weighted by Crippen LogP contribution is 2.41. The van der Waals surface area contributed by atoms with Gasteiger partial charge >= 0.3 is 0 Å². The van der Waals surface area contributed by atoms with Gasteiger partial charge in [0.2, 0.25) is 0 Å². The number of nitrogens with zero attached hydrogens (tertiary/aromatic N) is 2. The molecule has 128 valence electrons. The van der Waals surface area contributed by atoms with Crippen molar-refractivity contribution in [3.05, 3.63) is 126 Å². The Bertz CT molecular complexity index is 860. The van der Waals surface area contributed by atoms with Gasteiger partial charge in [0.25, 0.3) is 0 Å². The van der Waals surface area contributed by atoms with Crippen molar-refractivity contribution in [2.45, 2.75) is 18.9 Å². The average Bonchev–Trinajstić information content (AvgIpc) is 3.20. The van der Waals surface area contributed by atoms with Gasteiger partial charge in [0, 0.05) is 18.8 Å². The molecule has 4 aromatic rings. The van der Waals surface area contributed by atoms with Crippen LogP contribution in [0, 0.1) is 0 Å². The lowest BCUT2D eigenvalue weighted by Crippen LogP contribution is -2.38. The first-order chi connectivity index (χ1) is 12.9. The average molecular weight is 338 g/mol. The molecule has 0 bridgehead atoms. The van der Waals surface area contributed by atoms with Crippen LogP contribution in [0.4, 0.5) is 0 Å². The third-order valence-corrected chi connectivity index (χ3v) is 4.97. The monoisotopic (exact) mass is 338 g/mol. The van der Waals surface area contributed by atoms with Crippen LogP contribution in [-0.2, 0) is 12.0 Å². The van der Waals surface area contributed by atoms with Gasteiger partial charge in [-0.15, -0.1) is 0 Å². The standard InChI is InChI=1S/C24H22N2/c1-2-23-25-18-19-26(23)24(20-12-6-3-7-13-20,21-14-8-4-9-15-21)22-16-10-5-11-17-22/h3-19H,2H2,1H3. The zero-order valence-electron chi connectivity index (χ0n) is 14.9. The Morgan fingerprint density at radius 2 is 1.12 bits per heavy atom. The van der Waals surface area contributed by atoms with Crippen LogP contribution in [0.3, 0.4) is 0 Å². The van der Waals surface area contributed by atoms with Gasteiger partial charge in [-0.1, -0.05) is 97.9 Å². The molecule has 0 atom stereocenters. The molecule has 0 fully saturated rings. The molecule has 26 heavy (non-hydrogen) atoms. The van der Waals surface area contributed by atoms with E-state index in [2.05, 4.69) is 114 Å². The molecule has 3 aromatic carbocycles. The first-order valence-electron chi connectivity index (χ1n) is 9.06. The predicted octanol–water partition coefficient (Wildman–Crippen LogP) is 5.29. The summed E-state index contributed by atoms with van der Waals surface area (Å²) < 4.78 is 2.33. The van der Waals surface area contributed by atoms with E-state index >= 15 is 0 Å². The Morgan fingerprint density at radius 3 is 1.50 bits per heavy atom. The van der Waals surface area contributed by atoms with E-state index in [1.165, 1.54) is 16.7 Å². The topological polar surface area (TPSA) is 17.8 Å². The van der Waals surface area contributed by atoms with Gasteiger partial charge in [0.15, 0.2) is 0 Å². The van der Waals surface area contributed by atoms with Gasteiger partial charge in [0.1, 0.15) is 11.4 Å². The molecule has 0 amide bonds. The van der Waals surface area contributed by atoms with Crippen LogP contribution in [0.15, 0.2) is 103 Å². The number of aryl methyl sites for hydroxylation is 1. The fourth-order valence-corrected chi connectivity index (χ4v) is 3.86. The van der Waals surface area contributed by atoms with E-state index in [1.807, 2.05) is 6.20 Å². The van der Waals surface area contributed by atoms with Gasteiger partial charge in [-0.2, -0.15) is 0 Å². The summed E-state index contributed by atoms with van der Waals surface area (Å²) in [5, 5.41) is 0. The molecule has 2 nitrogen and oxygen atoms in total. The molecule has 0 aliphatic rings. The molecule has 0 unspecified atom stereocenters. The van der Waals surface area contributed by atoms with Crippen molar-refractivity contribution in [3.63, 3.8) is 0 Å². The highest BCUT2D eigenvalue weighted by atomic mass is 15.1. The third-order valence-electron chi connectivity index (χ3n) is 4.97. The Labute approximate surface area is 154 Å². The molecule has 0 N–H and O–H groups in total. The van der Waals surface area contributed by atoms with Gasteiger partial charge < -0.3 is 4.57 Å². The molecule has 0 aliphatic heterocycles. The van der Waals surface area contributed by atoms with Gasteiger partial charge in [-0.05, 0) is 16.7 Å². The summed E-state index contributed by atoms with van der Waals surface area (Å²) in [6.07, 6.45) is 4.88. The van der Waals surface area contributed by atoms with Gasteiger partial charge in [-0.3, -0.25) is 0 Å². The number of hydrogen-bond donors (Lipinski definition) is 0. The maximum atomic E-state index is 4.64. The minimum absolute atomic E-state index is 0.453. The maximum Gasteiger partial charge on any atom is 0.121 e. The van der Waals surface area contributed by atoms with Gasteiger partial charge in [0.05, 0.1) is 0 Å². The van der Waals surface area contributed by atoms with E-state index in [4.69, 9.17) is 0 Å². The van der Waals surface area contributed by atoms with E-state index in [-0.39, 0.29) is 0 Å². The Balaban J connectivity index is 2.15. The Hall–Kier alpha value is -3.13. The highest BCUT2D eigenvalue weighted by Gasteiger charge is 2.39. The highest BCUT2D eigenvalue weighted by molar-refractivity contribution is 5.51. The van der Waals surface area contributed by atoms with E-state index < -0.39 is 5.54 Å². The second-order valence-corrected chi connectivity index (χ2v) is 6.38. The Kier molecular flexibility index (Phi) is 4.40. The molecule has 0 saturated heterocycles. The number of aromatic nitrogens is 2. The predicted molar refractivity (Wildman–Crippen MR) is 106 cm³/mol. The molecule has 2 heteroatoms. The molecular formula is C24H22N2. The fraction of sp³-hybridized carbons (Fsp3) is 0.125. The van der Waals surface area contributed by atoms with E-state index in [9.17, 15) is 0 Å². The molecule has 0 radical (unpaired) electrons. The minimum Gasteiger partial charge on any atom is -0.316 e. The lowest BCUT2D eigenvalue weighted by atomic mass is 9.76. The van der Waals surface area contributed by atoms with Crippen molar-refractivity contribution in [2.24, 2.45) is 0 Å². The van der Waals surface area contributed by atoms with Crippen LogP contribution >= 0.6 is 0 Å². The molecule has 0 aliphatic carbocycles. The SMILES string of the molecule is CCc1nccn1C(c1ccccc1)(c1ccccc1)c1ccccc1. The summed E-state index contributed by atoms with van der Waals surface area (Å²) in [5.41, 5.74) is 3.23. The minimum atomic E-state index is -0.453. The molecule has 0 spiro atoms. The van der Waals surface area contributed by atoms with E-state index in [0.717, 1.165) is 12.2 Å². The lowest BCUT2D eigenvalue weighted by molar-refractivity contribution is 0.494. The van der Waals surface area contributed by atoms with Crippen molar-refractivity contribution in [2.75, 3.05) is 0 Å². The largest absolute Gasteiger partial charge is 0.316 e. The molecule has 4 rings (SSSR count). The van der Waals surface area contributed by atoms with E-state index in [1.54, 1.807) is 0 Å². The maximum absolute atomic E-state index is 4.64. The Morgan fingerprint density at radius 1 is 0.692 bits per heavy atom. The van der Waals surface area contributed by atoms with Crippen molar-refractivity contribution < 1.29 is 0 Å².